The molecule has 0 unspecified atom stereocenters. The number of fused-ring (bicyclic) bond motifs is 3. The fourth-order valence-electron chi connectivity index (χ4n) is 7.09. The Morgan fingerprint density at radius 2 is 1.20 bits per heavy atom. The van der Waals surface area contributed by atoms with Crippen LogP contribution < -0.4 is 5.32 Å². The Labute approximate surface area is 300 Å². The SMILES string of the molecule is CC1(C)c2ccccc2-c2cc(Nc3cccc(C=NC(=NCc4ccccc4)c4ccccc4)c3)c(-c3ccc(-c4ccccc4)cc3)cc21. The lowest BCUT2D eigenvalue weighted by atomic mass is 9.81. The number of nitrogens with one attached hydrogen (secondary N) is 1. The highest BCUT2D eigenvalue weighted by Crippen LogP contribution is 2.51. The minimum atomic E-state index is -0.0991. The lowest BCUT2D eigenvalue weighted by Gasteiger charge is -2.23. The van der Waals surface area contributed by atoms with Crippen molar-refractivity contribution in [1.82, 2.24) is 0 Å². The van der Waals surface area contributed by atoms with Crippen LogP contribution in [0.5, 0.6) is 0 Å². The number of hydrogen-bond acceptors (Lipinski definition) is 2. The molecule has 51 heavy (non-hydrogen) atoms. The minimum absolute atomic E-state index is 0.0991. The molecule has 0 spiro atoms. The second kappa shape index (κ2) is 13.9. The van der Waals surface area contributed by atoms with Crippen molar-refractivity contribution in [3.05, 3.63) is 204 Å². The van der Waals surface area contributed by atoms with Crippen LogP contribution >= 0.6 is 0 Å². The van der Waals surface area contributed by atoms with Gasteiger partial charge in [-0.15, -0.1) is 0 Å². The number of amidine groups is 1. The molecule has 8 rings (SSSR count). The quantitative estimate of drug-likeness (QED) is 0.128. The van der Waals surface area contributed by atoms with Crippen molar-refractivity contribution >= 4 is 23.4 Å². The first-order chi connectivity index (χ1) is 25.0. The molecule has 0 saturated heterocycles. The predicted molar refractivity (Wildman–Crippen MR) is 215 cm³/mol. The maximum absolute atomic E-state index is 4.91. The highest BCUT2D eigenvalue weighted by atomic mass is 14.9. The monoisotopic (exact) mass is 657 g/mol. The first kappa shape index (κ1) is 31.9. The predicted octanol–water partition coefficient (Wildman–Crippen LogP) is 12.1. The third kappa shape index (κ3) is 6.67. The van der Waals surface area contributed by atoms with E-state index >= 15 is 0 Å². The van der Waals surface area contributed by atoms with Gasteiger partial charge in [-0.25, -0.2) is 4.99 Å². The van der Waals surface area contributed by atoms with Crippen molar-refractivity contribution in [1.29, 1.82) is 0 Å². The van der Waals surface area contributed by atoms with E-state index < -0.39 is 0 Å². The van der Waals surface area contributed by atoms with Crippen molar-refractivity contribution in [2.75, 3.05) is 5.32 Å². The van der Waals surface area contributed by atoms with Gasteiger partial charge in [-0.05, 0) is 74.3 Å². The van der Waals surface area contributed by atoms with Crippen LogP contribution in [0.3, 0.4) is 0 Å². The normalized spacial score (nSPS) is 13.2. The Kier molecular flexibility index (Phi) is 8.69. The lowest BCUT2D eigenvalue weighted by molar-refractivity contribution is 0.660. The summed E-state index contributed by atoms with van der Waals surface area (Å²) in [5.41, 5.74) is 15.2. The van der Waals surface area contributed by atoms with Crippen LogP contribution in [-0.4, -0.2) is 12.1 Å². The molecule has 1 aliphatic rings. The maximum Gasteiger partial charge on any atom is 0.154 e. The molecule has 0 amide bonds. The highest BCUT2D eigenvalue weighted by Gasteiger charge is 2.36. The molecule has 0 aromatic heterocycles. The van der Waals surface area contributed by atoms with E-state index in [-0.39, 0.29) is 5.41 Å². The summed E-state index contributed by atoms with van der Waals surface area (Å²) in [4.78, 5) is 9.82. The molecule has 0 saturated carbocycles. The standard InChI is InChI=1S/C48H39N3/c1-48(2)44-24-13-12-23-41(44)43-31-46(42(30-45(43)48)38-27-25-37(26-28-38)36-18-8-4-9-19-36)51-40-22-14-17-35(29-40)33-50-47(39-20-10-5-11-21-39)49-32-34-15-6-3-7-16-34/h3-31,33,51H,32H2,1-2H3. The number of nitrogens with zero attached hydrogens (tertiary/aromatic N) is 2. The molecule has 1 aliphatic carbocycles. The van der Waals surface area contributed by atoms with E-state index in [0.29, 0.717) is 12.4 Å². The largest absolute Gasteiger partial charge is 0.355 e. The summed E-state index contributed by atoms with van der Waals surface area (Å²) in [5, 5.41) is 3.82. The van der Waals surface area contributed by atoms with Gasteiger partial charge in [0.05, 0.1) is 6.54 Å². The molecule has 3 heteroatoms. The van der Waals surface area contributed by atoms with E-state index in [9.17, 15) is 0 Å². The first-order valence-corrected chi connectivity index (χ1v) is 17.5. The smallest absolute Gasteiger partial charge is 0.154 e. The molecule has 0 bridgehead atoms. The average Bonchev–Trinajstić information content (AvgIpc) is 3.41. The van der Waals surface area contributed by atoms with E-state index in [4.69, 9.17) is 9.98 Å². The molecule has 0 atom stereocenters. The van der Waals surface area contributed by atoms with Crippen LogP contribution in [0.25, 0.3) is 33.4 Å². The number of aliphatic imine (C=N–C) groups is 2. The number of anilines is 2. The molecule has 0 fully saturated rings. The molecule has 7 aromatic carbocycles. The van der Waals surface area contributed by atoms with Gasteiger partial charge in [-0.3, -0.25) is 4.99 Å². The summed E-state index contributed by atoms with van der Waals surface area (Å²) < 4.78 is 0. The van der Waals surface area contributed by atoms with E-state index in [0.717, 1.165) is 28.1 Å². The van der Waals surface area contributed by atoms with Crippen LogP contribution in [0.15, 0.2) is 186 Å². The zero-order valence-corrected chi connectivity index (χ0v) is 28.9. The van der Waals surface area contributed by atoms with Gasteiger partial charge in [0.15, 0.2) is 5.84 Å². The Morgan fingerprint density at radius 3 is 1.96 bits per heavy atom. The first-order valence-electron chi connectivity index (χ1n) is 17.5. The molecular formula is C48H39N3. The van der Waals surface area contributed by atoms with Crippen LogP contribution in [-0.2, 0) is 12.0 Å². The van der Waals surface area contributed by atoms with Crippen molar-refractivity contribution in [3.8, 4) is 33.4 Å². The fraction of sp³-hybridized carbons (Fsp3) is 0.0833. The Bertz CT molecular complexity index is 2350. The summed E-state index contributed by atoms with van der Waals surface area (Å²) in [5.74, 6) is 0.707. The van der Waals surface area contributed by atoms with E-state index in [1.165, 1.54) is 44.5 Å². The molecular weight excluding hydrogens is 619 g/mol. The fourth-order valence-corrected chi connectivity index (χ4v) is 7.09. The van der Waals surface area contributed by atoms with Crippen molar-refractivity contribution in [2.24, 2.45) is 9.98 Å². The average molecular weight is 658 g/mol. The molecule has 0 heterocycles. The number of hydrogen-bond donors (Lipinski definition) is 1. The second-order valence-corrected chi connectivity index (χ2v) is 13.6. The van der Waals surface area contributed by atoms with Gasteiger partial charge in [0.1, 0.15) is 0 Å². The molecule has 1 N–H and O–H groups in total. The summed E-state index contributed by atoms with van der Waals surface area (Å²) in [6.07, 6.45) is 1.91. The summed E-state index contributed by atoms with van der Waals surface area (Å²) in [7, 11) is 0. The van der Waals surface area contributed by atoms with Crippen molar-refractivity contribution in [3.63, 3.8) is 0 Å². The summed E-state index contributed by atoms with van der Waals surface area (Å²) >= 11 is 0. The molecule has 246 valence electrons. The second-order valence-electron chi connectivity index (χ2n) is 13.6. The third-order valence-electron chi connectivity index (χ3n) is 9.81. The zero-order chi connectivity index (χ0) is 34.6. The topological polar surface area (TPSA) is 36.8 Å². The lowest BCUT2D eigenvalue weighted by Crippen LogP contribution is -2.15. The van der Waals surface area contributed by atoms with Gasteiger partial charge < -0.3 is 5.32 Å². The number of rotatable bonds is 8. The number of benzene rings is 7. The van der Waals surface area contributed by atoms with Gasteiger partial charge >= 0.3 is 0 Å². The van der Waals surface area contributed by atoms with Crippen molar-refractivity contribution in [2.45, 2.75) is 25.8 Å². The summed E-state index contributed by atoms with van der Waals surface area (Å²) in [6, 6.07) is 61.9. The van der Waals surface area contributed by atoms with Crippen LogP contribution in [0, 0.1) is 0 Å². The van der Waals surface area contributed by atoms with E-state index in [1.54, 1.807) is 0 Å². The maximum atomic E-state index is 4.91. The van der Waals surface area contributed by atoms with E-state index in [2.05, 4.69) is 159 Å². The molecule has 3 nitrogen and oxygen atoms in total. The van der Waals surface area contributed by atoms with Gasteiger partial charge in [-0.2, -0.15) is 0 Å². The van der Waals surface area contributed by atoms with Gasteiger partial charge in [-0.1, -0.05) is 166 Å². The highest BCUT2D eigenvalue weighted by molar-refractivity contribution is 6.05. The third-order valence-corrected chi connectivity index (χ3v) is 9.81. The van der Waals surface area contributed by atoms with Crippen LogP contribution in [0.1, 0.15) is 41.7 Å². The van der Waals surface area contributed by atoms with Crippen LogP contribution in [0.4, 0.5) is 11.4 Å². The van der Waals surface area contributed by atoms with Crippen molar-refractivity contribution < 1.29 is 0 Å². The summed E-state index contributed by atoms with van der Waals surface area (Å²) in [6.45, 7) is 5.24. The van der Waals surface area contributed by atoms with Gasteiger partial charge in [0.2, 0.25) is 0 Å². The Hall–Kier alpha value is -6.32. The minimum Gasteiger partial charge on any atom is -0.355 e. The molecule has 0 aliphatic heterocycles. The van der Waals surface area contributed by atoms with Crippen LogP contribution in [0.2, 0.25) is 0 Å². The van der Waals surface area contributed by atoms with Gasteiger partial charge in [0, 0.05) is 34.1 Å². The molecule has 7 aromatic rings. The Morgan fingerprint density at radius 1 is 0.549 bits per heavy atom. The molecule has 0 radical (unpaired) electrons. The Balaban J connectivity index is 1.15. The van der Waals surface area contributed by atoms with Gasteiger partial charge in [0.25, 0.3) is 0 Å². The van der Waals surface area contributed by atoms with E-state index in [1.807, 2.05) is 42.6 Å². The zero-order valence-electron chi connectivity index (χ0n) is 28.9.